The van der Waals surface area contributed by atoms with Gasteiger partial charge in [0, 0.05) is 24.6 Å². The maximum atomic E-state index is 12.2. The quantitative estimate of drug-likeness (QED) is 0.199. The molecule has 1 amide bonds. The molecule has 3 aromatic carbocycles. The largest absolute Gasteiger partial charge is 0.328 e. The zero-order valence-electron chi connectivity index (χ0n) is 26.2. The number of benzene rings is 3. The predicted molar refractivity (Wildman–Crippen MR) is 176 cm³/mol. The molecule has 0 aliphatic carbocycles. The van der Waals surface area contributed by atoms with Crippen molar-refractivity contribution in [2.24, 2.45) is 5.92 Å². The molecule has 42 heavy (non-hydrogen) atoms. The molecule has 222 valence electrons. The molecule has 0 atom stereocenters. The number of anilines is 1. The average molecular weight is 565 g/mol. The third kappa shape index (κ3) is 6.78. The molecule has 1 aliphatic heterocycles. The minimum atomic E-state index is -0.0141. The van der Waals surface area contributed by atoms with Gasteiger partial charge in [-0.1, -0.05) is 69.7 Å². The Labute approximate surface area is 252 Å². The molecule has 1 saturated heterocycles. The van der Waals surface area contributed by atoms with E-state index in [-0.39, 0.29) is 11.8 Å². The van der Waals surface area contributed by atoms with E-state index in [1.807, 2.05) is 19.9 Å². The van der Waals surface area contributed by atoms with Crippen LogP contribution < -0.4 is 5.32 Å². The van der Waals surface area contributed by atoms with Crippen molar-refractivity contribution >= 4 is 22.6 Å². The highest BCUT2D eigenvalue weighted by Crippen LogP contribution is 2.34. The second-order valence-corrected chi connectivity index (χ2v) is 12.4. The highest BCUT2D eigenvalue weighted by atomic mass is 16.1. The van der Waals surface area contributed by atoms with Gasteiger partial charge in [0.25, 0.3) is 0 Å². The molecule has 0 spiro atoms. The fourth-order valence-corrected chi connectivity index (χ4v) is 6.55. The van der Waals surface area contributed by atoms with Crippen LogP contribution in [0.25, 0.3) is 22.2 Å². The number of fused-ring (bicyclic) bond motifs is 1. The third-order valence-corrected chi connectivity index (χ3v) is 8.97. The fourth-order valence-electron chi connectivity index (χ4n) is 6.55. The summed E-state index contributed by atoms with van der Waals surface area (Å²) >= 11 is 0. The van der Waals surface area contributed by atoms with Gasteiger partial charge in [-0.3, -0.25) is 4.79 Å². The summed E-state index contributed by atoms with van der Waals surface area (Å²) in [6.45, 7) is 15.0. The van der Waals surface area contributed by atoms with Crippen molar-refractivity contribution in [2.45, 2.75) is 85.6 Å². The number of aryl methyl sites for hydroxylation is 4. The van der Waals surface area contributed by atoms with Crippen molar-refractivity contribution in [3.8, 4) is 11.1 Å². The SMILES string of the molecule is CCCCc1nc2c(C)c(-c3ccccc3)c(C)cc2n1CCCN1CCC(c2cccc(NC(=O)C(C)C)c2)CC1. The number of nitrogens with zero attached hydrogens (tertiary/aromatic N) is 3. The number of hydrogen-bond acceptors (Lipinski definition) is 3. The minimum Gasteiger partial charge on any atom is -0.328 e. The molecule has 0 bridgehead atoms. The van der Waals surface area contributed by atoms with Crippen molar-refractivity contribution in [1.29, 1.82) is 0 Å². The van der Waals surface area contributed by atoms with Gasteiger partial charge < -0.3 is 14.8 Å². The first-order chi connectivity index (χ1) is 20.4. The van der Waals surface area contributed by atoms with Crippen LogP contribution in [0.2, 0.25) is 0 Å². The lowest BCUT2D eigenvalue weighted by Gasteiger charge is -2.32. The van der Waals surface area contributed by atoms with Crippen LogP contribution in [0.3, 0.4) is 0 Å². The first kappa shape index (κ1) is 30.0. The zero-order chi connectivity index (χ0) is 29.6. The molecule has 1 aliphatic rings. The summed E-state index contributed by atoms with van der Waals surface area (Å²) in [6, 6.07) is 21.6. The molecular weight excluding hydrogens is 516 g/mol. The minimum absolute atomic E-state index is 0.0141. The van der Waals surface area contributed by atoms with E-state index in [1.54, 1.807) is 0 Å². The van der Waals surface area contributed by atoms with E-state index in [2.05, 4.69) is 90.2 Å². The number of amides is 1. The van der Waals surface area contributed by atoms with Crippen LogP contribution in [-0.2, 0) is 17.8 Å². The van der Waals surface area contributed by atoms with Crippen LogP contribution in [0, 0.1) is 19.8 Å². The standard InChI is InChI=1S/C37H48N4O/c1-6-7-17-34-39-36-28(5)35(30-13-9-8-10-14-30)27(4)24-33(36)41(34)21-12-20-40-22-18-29(19-23-40)31-15-11-16-32(25-31)38-37(42)26(2)3/h8-11,13-16,24-26,29H,6-7,12,17-23H2,1-5H3,(H,38,42). The molecule has 0 unspecified atom stereocenters. The Kier molecular flexibility index (Phi) is 9.79. The van der Waals surface area contributed by atoms with E-state index in [1.165, 1.54) is 52.0 Å². The van der Waals surface area contributed by atoms with Crippen molar-refractivity contribution in [2.75, 3.05) is 25.0 Å². The van der Waals surface area contributed by atoms with Gasteiger partial charge in [0.2, 0.25) is 5.91 Å². The Morgan fingerprint density at radius 1 is 0.976 bits per heavy atom. The average Bonchev–Trinajstić information content (AvgIpc) is 3.34. The van der Waals surface area contributed by atoms with Crippen LogP contribution in [0.1, 0.15) is 81.3 Å². The number of carbonyl (C=O) groups excluding carboxylic acids is 1. The molecule has 5 nitrogen and oxygen atoms in total. The monoisotopic (exact) mass is 564 g/mol. The Bertz CT molecular complexity index is 1500. The van der Waals surface area contributed by atoms with Gasteiger partial charge in [-0.25, -0.2) is 4.98 Å². The summed E-state index contributed by atoms with van der Waals surface area (Å²) in [5.41, 5.74) is 9.94. The maximum absolute atomic E-state index is 12.2. The first-order valence-electron chi connectivity index (χ1n) is 16.0. The Morgan fingerprint density at radius 3 is 2.45 bits per heavy atom. The number of piperidine rings is 1. The molecule has 4 aromatic rings. The summed E-state index contributed by atoms with van der Waals surface area (Å²) < 4.78 is 2.52. The van der Waals surface area contributed by atoms with Gasteiger partial charge in [-0.05, 0) is 111 Å². The molecule has 1 fully saturated rings. The van der Waals surface area contributed by atoms with Crippen molar-refractivity contribution in [3.05, 3.63) is 83.2 Å². The highest BCUT2D eigenvalue weighted by molar-refractivity contribution is 5.92. The van der Waals surface area contributed by atoms with Gasteiger partial charge in [0.15, 0.2) is 0 Å². The lowest BCUT2D eigenvalue weighted by molar-refractivity contribution is -0.118. The van der Waals surface area contributed by atoms with E-state index in [4.69, 9.17) is 4.98 Å². The summed E-state index contributed by atoms with van der Waals surface area (Å²) in [5, 5.41) is 3.06. The van der Waals surface area contributed by atoms with Gasteiger partial charge >= 0.3 is 0 Å². The lowest BCUT2D eigenvalue weighted by atomic mass is 9.89. The van der Waals surface area contributed by atoms with Crippen LogP contribution in [0.4, 0.5) is 5.69 Å². The second-order valence-electron chi connectivity index (χ2n) is 12.4. The normalized spacial score (nSPS) is 14.6. The molecule has 1 N–H and O–H groups in total. The van der Waals surface area contributed by atoms with E-state index in [0.717, 1.165) is 63.1 Å². The van der Waals surface area contributed by atoms with E-state index < -0.39 is 0 Å². The van der Waals surface area contributed by atoms with E-state index in [9.17, 15) is 4.79 Å². The summed E-state index contributed by atoms with van der Waals surface area (Å²) in [5.74, 6) is 1.86. The summed E-state index contributed by atoms with van der Waals surface area (Å²) in [4.78, 5) is 20.0. The van der Waals surface area contributed by atoms with Crippen molar-refractivity contribution in [3.63, 3.8) is 0 Å². The summed E-state index contributed by atoms with van der Waals surface area (Å²) in [6.07, 6.45) is 6.84. The molecule has 0 radical (unpaired) electrons. The smallest absolute Gasteiger partial charge is 0.226 e. The van der Waals surface area contributed by atoms with Crippen LogP contribution in [0.15, 0.2) is 60.7 Å². The van der Waals surface area contributed by atoms with Crippen molar-refractivity contribution < 1.29 is 4.79 Å². The van der Waals surface area contributed by atoms with E-state index in [0.29, 0.717) is 5.92 Å². The number of rotatable bonds is 11. The van der Waals surface area contributed by atoms with Gasteiger partial charge in [0.05, 0.1) is 11.0 Å². The van der Waals surface area contributed by atoms with Crippen LogP contribution in [-0.4, -0.2) is 40.0 Å². The fraction of sp³-hybridized carbons (Fsp3) is 0.459. The number of aromatic nitrogens is 2. The summed E-state index contributed by atoms with van der Waals surface area (Å²) in [7, 11) is 0. The molecule has 5 rings (SSSR count). The highest BCUT2D eigenvalue weighted by Gasteiger charge is 2.22. The maximum Gasteiger partial charge on any atom is 0.226 e. The van der Waals surface area contributed by atoms with Crippen LogP contribution >= 0.6 is 0 Å². The zero-order valence-corrected chi connectivity index (χ0v) is 26.2. The van der Waals surface area contributed by atoms with Crippen LogP contribution in [0.5, 0.6) is 0 Å². The lowest BCUT2D eigenvalue weighted by Crippen LogP contribution is -2.34. The van der Waals surface area contributed by atoms with Gasteiger partial charge in [-0.15, -0.1) is 0 Å². The number of nitrogens with one attached hydrogen (secondary N) is 1. The molecule has 1 aromatic heterocycles. The number of hydrogen-bond donors (Lipinski definition) is 1. The van der Waals surface area contributed by atoms with Crippen molar-refractivity contribution in [1.82, 2.24) is 14.5 Å². The molecule has 5 heteroatoms. The Hall–Kier alpha value is -3.44. The Morgan fingerprint density at radius 2 is 1.74 bits per heavy atom. The number of imidazole rings is 1. The number of unbranched alkanes of at least 4 members (excludes halogenated alkanes) is 1. The molecular formula is C37H48N4O. The predicted octanol–water partition coefficient (Wildman–Crippen LogP) is 8.53. The first-order valence-corrected chi connectivity index (χ1v) is 16.0. The molecule has 0 saturated carbocycles. The van der Waals surface area contributed by atoms with E-state index >= 15 is 0 Å². The third-order valence-electron chi connectivity index (χ3n) is 8.97. The number of likely N-dealkylation sites (tertiary alicyclic amines) is 1. The molecule has 2 heterocycles. The number of carbonyl (C=O) groups is 1. The topological polar surface area (TPSA) is 50.2 Å². The Balaban J connectivity index is 1.24. The van der Waals surface area contributed by atoms with Gasteiger partial charge in [0.1, 0.15) is 5.82 Å². The second kappa shape index (κ2) is 13.7. The van der Waals surface area contributed by atoms with Gasteiger partial charge in [-0.2, -0.15) is 0 Å².